The highest BCUT2D eigenvalue weighted by molar-refractivity contribution is 5.90. The van der Waals surface area contributed by atoms with E-state index in [9.17, 15) is 4.79 Å². The van der Waals surface area contributed by atoms with Gasteiger partial charge in [0.25, 0.3) is 0 Å². The third-order valence-electron chi connectivity index (χ3n) is 9.10. The number of ether oxygens (including phenoxy) is 2. The summed E-state index contributed by atoms with van der Waals surface area (Å²) < 4.78 is 11.7. The number of nitrogens with zero attached hydrogens (tertiary/aromatic N) is 2. The first kappa shape index (κ1) is 27.4. The number of nitrogens with one attached hydrogen (secondary N) is 2. The maximum atomic E-state index is 12.9. The second-order valence-corrected chi connectivity index (χ2v) is 12.4. The molecule has 1 atom stereocenters. The van der Waals surface area contributed by atoms with E-state index >= 15 is 0 Å². The standard InChI is InChI=1S/C38H34N4O3/c1-21(2)36-40-32-20-44-33-18-25(10-14-30(33)35(32)41-36)24-9-12-27-26(17-24)11-13-29-28(27)15-16-31-34(29)42-37(39-31)22(3)38(43)45-19-23-7-5-4-6-8-23/h4-10,12,14-18,21-22H,11,13,19-20H2,1-3H3,(H,39,42)(H,40,41). The first-order valence-corrected chi connectivity index (χ1v) is 15.6. The number of hydrogen-bond acceptors (Lipinski definition) is 5. The van der Waals surface area contributed by atoms with E-state index in [1.165, 1.54) is 27.8 Å². The maximum absolute atomic E-state index is 12.9. The highest BCUT2D eigenvalue weighted by Gasteiger charge is 2.26. The number of aromatic amines is 2. The average molecular weight is 595 g/mol. The first-order chi connectivity index (χ1) is 21.9. The zero-order valence-electron chi connectivity index (χ0n) is 25.6. The van der Waals surface area contributed by atoms with Crippen molar-refractivity contribution in [3.63, 3.8) is 0 Å². The number of aromatic nitrogens is 4. The van der Waals surface area contributed by atoms with Crippen LogP contribution in [0.1, 0.15) is 66.6 Å². The largest absolute Gasteiger partial charge is 0.486 e. The van der Waals surface area contributed by atoms with Gasteiger partial charge in [-0.1, -0.05) is 74.5 Å². The van der Waals surface area contributed by atoms with Crippen molar-refractivity contribution in [1.29, 1.82) is 0 Å². The number of fused-ring (bicyclic) bond motifs is 8. The molecule has 0 fully saturated rings. The van der Waals surface area contributed by atoms with Crippen LogP contribution in [0.5, 0.6) is 5.75 Å². The molecule has 0 amide bonds. The molecule has 0 saturated heterocycles. The Morgan fingerprint density at radius 2 is 1.62 bits per heavy atom. The Morgan fingerprint density at radius 1 is 0.844 bits per heavy atom. The molecule has 0 spiro atoms. The first-order valence-electron chi connectivity index (χ1n) is 15.6. The van der Waals surface area contributed by atoms with Gasteiger partial charge in [-0.25, -0.2) is 9.97 Å². The Balaban J connectivity index is 1.05. The second kappa shape index (κ2) is 10.8. The van der Waals surface area contributed by atoms with Crippen LogP contribution in [-0.2, 0) is 35.6 Å². The van der Waals surface area contributed by atoms with Crippen LogP contribution in [0.3, 0.4) is 0 Å². The normalized spacial score (nSPS) is 13.9. The van der Waals surface area contributed by atoms with Crippen molar-refractivity contribution >= 4 is 17.0 Å². The SMILES string of the molecule is CC(C)c1nc2c([nH]1)-c1ccc(-c3ccc4c(c3)CCc3c-4ccc4[nH]c(C(C)C(=O)OCc5ccccc5)nc34)cc1OC2. The van der Waals surface area contributed by atoms with Crippen molar-refractivity contribution in [3.05, 3.63) is 113 Å². The molecule has 224 valence electrons. The van der Waals surface area contributed by atoms with Crippen LogP contribution in [-0.4, -0.2) is 25.9 Å². The number of H-pyrrole nitrogens is 2. The number of aryl methyl sites for hydroxylation is 2. The number of carbonyl (C=O) groups is 1. The van der Waals surface area contributed by atoms with E-state index < -0.39 is 5.92 Å². The number of benzene rings is 4. The van der Waals surface area contributed by atoms with E-state index in [-0.39, 0.29) is 12.6 Å². The topological polar surface area (TPSA) is 92.9 Å². The molecule has 0 bridgehead atoms. The fraction of sp³-hybridized carbons (Fsp3) is 0.237. The van der Waals surface area contributed by atoms with E-state index in [4.69, 9.17) is 19.4 Å². The lowest BCUT2D eigenvalue weighted by Gasteiger charge is -2.22. The summed E-state index contributed by atoms with van der Waals surface area (Å²) in [5.41, 5.74) is 13.2. The highest BCUT2D eigenvalue weighted by Crippen LogP contribution is 2.42. The molecule has 1 aliphatic heterocycles. The molecule has 0 saturated carbocycles. The van der Waals surface area contributed by atoms with Crippen LogP contribution in [0.15, 0.2) is 78.9 Å². The molecular weight excluding hydrogens is 560 g/mol. The maximum Gasteiger partial charge on any atom is 0.316 e. The Hall–Kier alpha value is -5.17. The number of hydrogen-bond donors (Lipinski definition) is 2. The van der Waals surface area contributed by atoms with Crippen molar-refractivity contribution in [2.24, 2.45) is 0 Å². The van der Waals surface area contributed by atoms with Gasteiger partial charge in [-0.3, -0.25) is 4.79 Å². The second-order valence-electron chi connectivity index (χ2n) is 12.4. The number of carbonyl (C=O) groups excluding carboxylic acids is 1. The van der Waals surface area contributed by atoms with Gasteiger partial charge in [-0.2, -0.15) is 0 Å². The van der Waals surface area contributed by atoms with Crippen LogP contribution < -0.4 is 4.74 Å². The van der Waals surface area contributed by atoms with Crippen molar-refractivity contribution in [2.75, 3.05) is 0 Å². The molecule has 4 aromatic carbocycles. The summed E-state index contributed by atoms with van der Waals surface area (Å²) in [7, 11) is 0. The minimum absolute atomic E-state index is 0.251. The quantitative estimate of drug-likeness (QED) is 0.189. The lowest BCUT2D eigenvalue weighted by molar-refractivity contribution is -0.146. The Labute approximate surface area is 261 Å². The summed E-state index contributed by atoms with van der Waals surface area (Å²) in [4.78, 5) is 29.4. The zero-order chi connectivity index (χ0) is 30.7. The Morgan fingerprint density at radius 3 is 2.44 bits per heavy atom. The van der Waals surface area contributed by atoms with Gasteiger partial charge in [0.2, 0.25) is 0 Å². The molecule has 6 aromatic rings. The molecular formula is C38H34N4O3. The molecule has 2 aromatic heterocycles. The predicted molar refractivity (Wildman–Crippen MR) is 175 cm³/mol. The molecule has 7 heteroatoms. The lowest BCUT2D eigenvalue weighted by Crippen LogP contribution is -2.14. The van der Waals surface area contributed by atoms with Gasteiger partial charge in [0, 0.05) is 11.5 Å². The lowest BCUT2D eigenvalue weighted by atomic mass is 9.83. The third kappa shape index (κ3) is 4.79. The van der Waals surface area contributed by atoms with E-state index in [1.807, 2.05) is 37.3 Å². The van der Waals surface area contributed by atoms with E-state index in [0.717, 1.165) is 63.5 Å². The van der Waals surface area contributed by atoms with Gasteiger partial charge in [0.05, 0.1) is 16.7 Å². The number of rotatable bonds is 6. The fourth-order valence-electron chi connectivity index (χ4n) is 6.53. The molecule has 2 N–H and O–H groups in total. The van der Waals surface area contributed by atoms with Crippen molar-refractivity contribution < 1.29 is 14.3 Å². The van der Waals surface area contributed by atoms with Crippen LogP contribution in [0, 0.1) is 0 Å². The van der Waals surface area contributed by atoms with Crippen LogP contribution in [0.2, 0.25) is 0 Å². The smallest absolute Gasteiger partial charge is 0.316 e. The molecule has 8 rings (SSSR count). The van der Waals surface area contributed by atoms with Crippen molar-refractivity contribution in [3.8, 4) is 39.3 Å². The summed E-state index contributed by atoms with van der Waals surface area (Å²) in [5, 5.41) is 0. The summed E-state index contributed by atoms with van der Waals surface area (Å²) >= 11 is 0. The summed E-state index contributed by atoms with van der Waals surface area (Å²) in [5.74, 6) is 2.07. The van der Waals surface area contributed by atoms with Crippen molar-refractivity contribution in [2.45, 2.75) is 58.7 Å². The monoisotopic (exact) mass is 594 g/mol. The average Bonchev–Trinajstić information content (AvgIpc) is 3.72. The van der Waals surface area contributed by atoms with Gasteiger partial charge < -0.3 is 19.4 Å². The Bertz CT molecular complexity index is 2090. The van der Waals surface area contributed by atoms with Gasteiger partial charge in [-0.15, -0.1) is 0 Å². The number of esters is 1. The van der Waals surface area contributed by atoms with E-state index in [0.29, 0.717) is 18.3 Å². The number of imidazole rings is 2. The molecule has 45 heavy (non-hydrogen) atoms. The van der Waals surface area contributed by atoms with E-state index in [1.54, 1.807) is 0 Å². The predicted octanol–water partition coefficient (Wildman–Crippen LogP) is 8.25. The summed E-state index contributed by atoms with van der Waals surface area (Å²) in [6.07, 6.45) is 1.80. The summed E-state index contributed by atoms with van der Waals surface area (Å²) in [6, 6.07) is 27.2. The minimum atomic E-state index is -0.493. The van der Waals surface area contributed by atoms with Crippen LogP contribution in [0.4, 0.5) is 0 Å². The molecule has 1 unspecified atom stereocenters. The van der Waals surface area contributed by atoms with Gasteiger partial charge >= 0.3 is 5.97 Å². The fourth-order valence-corrected chi connectivity index (χ4v) is 6.53. The summed E-state index contributed by atoms with van der Waals surface area (Å²) in [6.45, 7) is 6.86. The molecule has 3 heterocycles. The Kier molecular flexibility index (Phi) is 6.55. The van der Waals surface area contributed by atoms with Gasteiger partial charge in [0.1, 0.15) is 42.2 Å². The van der Waals surface area contributed by atoms with Crippen LogP contribution >= 0.6 is 0 Å². The third-order valence-corrected chi connectivity index (χ3v) is 9.10. The molecule has 1 aliphatic carbocycles. The van der Waals surface area contributed by atoms with E-state index in [2.05, 4.69) is 72.3 Å². The highest BCUT2D eigenvalue weighted by atomic mass is 16.5. The van der Waals surface area contributed by atoms with Gasteiger partial charge in [0.15, 0.2) is 0 Å². The molecule has 0 radical (unpaired) electrons. The zero-order valence-corrected chi connectivity index (χ0v) is 25.6. The van der Waals surface area contributed by atoms with Gasteiger partial charge in [-0.05, 0) is 76.9 Å². The molecule has 7 nitrogen and oxygen atoms in total. The van der Waals surface area contributed by atoms with Crippen molar-refractivity contribution in [1.82, 2.24) is 19.9 Å². The minimum Gasteiger partial charge on any atom is -0.486 e. The van der Waals surface area contributed by atoms with Crippen LogP contribution in [0.25, 0.3) is 44.5 Å². The molecule has 2 aliphatic rings.